The van der Waals surface area contributed by atoms with Crippen molar-refractivity contribution < 1.29 is 14.3 Å². The molecule has 0 aliphatic carbocycles. The first kappa shape index (κ1) is 20.9. The second-order valence-electron chi connectivity index (χ2n) is 7.39. The lowest BCUT2D eigenvalue weighted by Gasteiger charge is -2.17. The summed E-state index contributed by atoms with van der Waals surface area (Å²) < 4.78 is 5.50. The van der Waals surface area contributed by atoms with Crippen molar-refractivity contribution in [2.24, 2.45) is 0 Å². The molecule has 4 rings (SSSR count). The van der Waals surface area contributed by atoms with Crippen molar-refractivity contribution >= 4 is 34.8 Å². The van der Waals surface area contributed by atoms with E-state index in [2.05, 4.69) is 0 Å². The Hall–Kier alpha value is -3.31. The first-order chi connectivity index (χ1) is 15.0. The Kier molecular flexibility index (Phi) is 5.96. The molecule has 1 aliphatic heterocycles. The number of ether oxygens (including phenoxy) is 1. The van der Waals surface area contributed by atoms with Gasteiger partial charge in [0.15, 0.2) is 0 Å². The van der Waals surface area contributed by atoms with Gasteiger partial charge in [-0.1, -0.05) is 54.6 Å². The summed E-state index contributed by atoms with van der Waals surface area (Å²) in [6.07, 6.45) is 0. The molecule has 31 heavy (non-hydrogen) atoms. The van der Waals surface area contributed by atoms with Gasteiger partial charge in [-0.3, -0.25) is 9.59 Å². The van der Waals surface area contributed by atoms with E-state index in [9.17, 15) is 9.59 Å². The molecule has 3 aromatic rings. The van der Waals surface area contributed by atoms with E-state index in [0.29, 0.717) is 33.2 Å². The summed E-state index contributed by atoms with van der Waals surface area (Å²) in [6.45, 7) is 3.98. The molecule has 0 N–H and O–H groups in total. The summed E-state index contributed by atoms with van der Waals surface area (Å²) >= 11 is 1.39. The van der Waals surface area contributed by atoms with Crippen molar-refractivity contribution in [3.05, 3.63) is 100.0 Å². The monoisotopic (exact) mass is 429 g/mol. The number of methoxy groups -OCH3 is 1. The Morgan fingerprint density at radius 2 is 1.55 bits per heavy atom. The lowest BCUT2D eigenvalue weighted by molar-refractivity contribution is -0.119. The van der Waals surface area contributed by atoms with Gasteiger partial charge in [0, 0.05) is 11.3 Å². The molecule has 4 nitrogen and oxygen atoms in total. The number of hydrogen-bond acceptors (Lipinski definition) is 4. The maximum Gasteiger partial charge on any atom is 0.272 e. The van der Waals surface area contributed by atoms with Crippen LogP contribution in [0.4, 0.5) is 5.69 Å². The van der Waals surface area contributed by atoms with Gasteiger partial charge in [0.2, 0.25) is 0 Å². The Morgan fingerprint density at radius 3 is 2.26 bits per heavy atom. The van der Waals surface area contributed by atoms with E-state index >= 15 is 0 Å². The topological polar surface area (TPSA) is 46.6 Å². The second kappa shape index (κ2) is 8.82. The lowest BCUT2D eigenvalue weighted by Crippen LogP contribution is -2.31. The molecule has 0 atom stereocenters. The maximum absolute atomic E-state index is 13.6. The van der Waals surface area contributed by atoms with E-state index in [1.54, 1.807) is 13.2 Å². The van der Waals surface area contributed by atoms with E-state index in [0.717, 1.165) is 16.7 Å². The predicted octanol–water partition coefficient (Wildman–Crippen LogP) is 5.53. The minimum Gasteiger partial charge on any atom is -0.496 e. The van der Waals surface area contributed by atoms with Crippen LogP contribution in [0.15, 0.2) is 77.7 Å². The molecule has 0 aromatic heterocycles. The molecule has 156 valence electrons. The highest BCUT2D eigenvalue weighted by Crippen LogP contribution is 2.42. The van der Waals surface area contributed by atoms with E-state index in [4.69, 9.17) is 4.74 Å². The molecule has 0 spiro atoms. The number of nitrogens with zero attached hydrogens (tertiary/aromatic N) is 1. The first-order valence-electron chi connectivity index (χ1n) is 10.0. The van der Waals surface area contributed by atoms with Crippen molar-refractivity contribution in [1.82, 2.24) is 0 Å². The van der Waals surface area contributed by atoms with Crippen LogP contribution in [0, 0.1) is 13.8 Å². The van der Waals surface area contributed by atoms with Crippen LogP contribution in [0.25, 0.3) is 5.57 Å². The number of para-hydroxylation sites is 1. The van der Waals surface area contributed by atoms with Crippen molar-refractivity contribution in [3.63, 3.8) is 0 Å². The third-order valence-electron chi connectivity index (χ3n) is 5.39. The van der Waals surface area contributed by atoms with Crippen LogP contribution in [-0.2, 0) is 15.3 Å². The molecule has 0 saturated heterocycles. The van der Waals surface area contributed by atoms with Gasteiger partial charge in [-0.15, -0.1) is 11.8 Å². The molecule has 3 aromatic carbocycles. The zero-order valence-corrected chi connectivity index (χ0v) is 18.5. The van der Waals surface area contributed by atoms with Crippen molar-refractivity contribution in [3.8, 4) is 5.75 Å². The third-order valence-corrected chi connectivity index (χ3v) is 6.54. The molecular weight excluding hydrogens is 406 g/mol. The summed E-state index contributed by atoms with van der Waals surface area (Å²) in [4.78, 5) is 28.8. The fourth-order valence-corrected chi connectivity index (χ4v) is 4.62. The highest BCUT2D eigenvalue weighted by atomic mass is 32.2. The average Bonchev–Trinajstić information content (AvgIpc) is 3.04. The Labute approximate surface area is 186 Å². The molecule has 0 bridgehead atoms. The predicted molar refractivity (Wildman–Crippen MR) is 126 cm³/mol. The van der Waals surface area contributed by atoms with Gasteiger partial charge in [0.25, 0.3) is 11.8 Å². The second-order valence-corrected chi connectivity index (χ2v) is 8.38. The SMILES string of the molecule is COc1ccccc1C1=C(SCc2ccccc2)C(=O)N(c2ccc(C)c(C)c2)C1=O. The van der Waals surface area contributed by atoms with Gasteiger partial charge in [0.05, 0.1) is 23.3 Å². The zero-order chi connectivity index (χ0) is 22.0. The molecule has 1 aliphatic rings. The van der Waals surface area contributed by atoms with Gasteiger partial charge < -0.3 is 4.74 Å². The molecule has 1 heterocycles. The number of carbonyl (C=O) groups is 2. The number of aryl methyl sites for hydroxylation is 2. The van der Waals surface area contributed by atoms with E-state index in [-0.39, 0.29) is 11.8 Å². The fourth-order valence-electron chi connectivity index (χ4n) is 3.56. The standard InChI is InChI=1S/C26H23NO3S/c1-17-13-14-20(15-18(17)2)27-25(28)23(21-11-7-8-12-22(21)30-3)24(26(27)29)31-16-19-9-5-4-6-10-19/h4-15H,16H2,1-3H3. The van der Waals surface area contributed by atoms with E-state index in [1.807, 2.05) is 80.6 Å². The number of rotatable bonds is 6. The van der Waals surface area contributed by atoms with Gasteiger partial charge in [-0.05, 0) is 48.7 Å². The lowest BCUT2D eigenvalue weighted by atomic mass is 10.0. The van der Waals surface area contributed by atoms with Crippen LogP contribution in [0.2, 0.25) is 0 Å². The summed E-state index contributed by atoms with van der Waals surface area (Å²) in [7, 11) is 1.57. The molecule has 0 unspecified atom stereocenters. The molecule has 0 saturated carbocycles. The van der Waals surface area contributed by atoms with Crippen LogP contribution in [0.5, 0.6) is 5.75 Å². The maximum atomic E-state index is 13.6. The number of benzene rings is 3. The molecule has 0 fully saturated rings. The van der Waals surface area contributed by atoms with Crippen molar-refractivity contribution in [1.29, 1.82) is 0 Å². The van der Waals surface area contributed by atoms with Crippen LogP contribution in [0.3, 0.4) is 0 Å². The van der Waals surface area contributed by atoms with Crippen LogP contribution in [0.1, 0.15) is 22.3 Å². The Balaban J connectivity index is 1.79. The van der Waals surface area contributed by atoms with E-state index < -0.39 is 0 Å². The van der Waals surface area contributed by atoms with Gasteiger partial charge in [-0.25, -0.2) is 4.90 Å². The number of hydrogen-bond donors (Lipinski definition) is 0. The number of anilines is 1. The Bertz CT molecular complexity index is 1180. The van der Waals surface area contributed by atoms with E-state index in [1.165, 1.54) is 16.7 Å². The smallest absolute Gasteiger partial charge is 0.272 e. The van der Waals surface area contributed by atoms with Gasteiger partial charge in [-0.2, -0.15) is 0 Å². The minimum absolute atomic E-state index is 0.296. The molecular formula is C26H23NO3S. The minimum atomic E-state index is -0.326. The first-order valence-corrected chi connectivity index (χ1v) is 11.0. The number of carbonyl (C=O) groups excluding carboxylic acids is 2. The summed E-state index contributed by atoms with van der Waals surface area (Å²) in [5, 5.41) is 0. The normalized spacial score (nSPS) is 13.8. The summed E-state index contributed by atoms with van der Waals surface area (Å²) in [5.41, 5.74) is 4.83. The average molecular weight is 430 g/mol. The van der Waals surface area contributed by atoms with Crippen molar-refractivity contribution in [2.75, 3.05) is 12.0 Å². The van der Waals surface area contributed by atoms with Crippen molar-refractivity contribution in [2.45, 2.75) is 19.6 Å². The molecule has 2 amide bonds. The van der Waals surface area contributed by atoms with Gasteiger partial charge in [0.1, 0.15) is 5.75 Å². The zero-order valence-electron chi connectivity index (χ0n) is 17.7. The third kappa shape index (κ3) is 4.01. The summed E-state index contributed by atoms with van der Waals surface area (Å²) in [5.74, 6) is 0.538. The van der Waals surface area contributed by atoms with Crippen LogP contribution < -0.4 is 9.64 Å². The number of amides is 2. The molecule has 5 heteroatoms. The van der Waals surface area contributed by atoms with Gasteiger partial charge >= 0.3 is 0 Å². The quantitative estimate of drug-likeness (QED) is 0.484. The van der Waals surface area contributed by atoms with Crippen LogP contribution in [-0.4, -0.2) is 18.9 Å². The summed E-state index contributed by atoms with van der Waals surface area (Å²) in [6, 6.07) is 22.9. The highest BCUT2D eigenvalue weighted by Gasteiger charge is 2.41. The Morgan fingerprint density at radius 1 is 0.839 bits per heavy atom. The number of thioether (sulfide) groups is 1. The van der Waals surface area contributed by atoms with Crippen LogP contribution >= 0.6 is 11.8 Å². The molecule has 0 radical (unpaired) electrons. The largest absolute Gasteiger partial charge is 0.496 e. The fraction of sp³-hybridized carbons (Fsp3) is 0.154. The highest BCUT2D eigenvalue weighted by molar-refractivity contribution is 8.03. The number of imide groups is 1.